The Morgan fingerprint density at radius 1 is 1.39 bits per heavy atom. The topological polar surface area (TPSA) is 56.1 Å². The lowest BCUT2D eigenvalue weighted by molar-refractivity contribution is 0.0528. The number of imidazole rings is 1. The highest BCUT2D eigenvalue weighted by Gasteiger charge is 2.15. The summed E-state index contributed by atoms with van der Waals surface area (Å²) in [6.45, 7) is 6.90. The van der Waals surface area contributed by atoms with Crippen LogP contribution in [0.5, 0.6) is 0 Å². The quantitative estimate of drug-likeness (QED) is 0.854. The first-order valence-electron chi connectivity index (χ1n) is 7.53. The van der Waals surface area contributed by atoms with E-state index in [1.807, 2.05) is 45.4 Å². The molecule has 2 aromatic rings. The predicted molar refractivity (Wildman–Crippen MR) is 93.2 cm³/mol. The Labute approximate surface area is 145 Å². The lowest BCUT2D eigenvalue weighted by Gasteiger charge is -2.19. The molecule has 0 atom stereocenters. The summed E-state index contributed by atoms with van der Waals surface area (Å²) >= 11 is 7.54. The number of aryl methyl sites for hydroxylation is 2. The van der Waals surface area contributed by atoms with Gasteiger partial charge < -0.3 is 14.6 Å². The highest BCUT2D eigenvalue weighted by Crippen LogP contribution is 2.22. The van der Waals surface area contributed by atoms with E-state index in [1.54, 1.807) is 11.3 Å². The molecule has 2 rings (SSSR count). The molecule has 0 aliphatic rings. The van der Waals surface area contributed by atoms with Crippen LogP contribution < -0.4 is 5.32 Å². The van der Waals surface area contributed by atoms with E-state index in [0.29, 0.717) is 13.0 Å². The number of nitrogens with one attached hydrogen (secondary N) is 1. The van der Waals surface area contributed by atoms with Gasteiger partial charge in [-0.15, -0.1) is 11.3 Å². The molecule has 1 N–H and O–H groups in total. The van der Waals surface area contributed by atoms with Gasteiger partial charge in [0, 0.05) is 36.3 Å². The molecule has 0 saturated heterocycles. The molecular weight excluding hydrogens is 334 g/mol. The van der Waals surface area contributed by atoms with E-state index < -0.39 is 11.7 Å². The van der Waals surface area contributed by atoms with Crippen molar-refractivity contribution in [1.29, 1.82) is 0 Å². The fourth-order valence-electron chi connectivity index (χ4n) is 2.08. The first-order valence-corrected chi connectivity index (χ1v) is 8.73. The minimum absolute atomic E-state index is 0.392. The van der Waals surface area contributed by atoms with E-state index in [4.69, 9.17) is 16.3 Å². The number of aromatic nitrogens is 2. The number of nitrogens with zero attached hydrogens (tertiary/aromatic N) is 2. The van der Waals surface area contributed by atoms with E-state index in [9.17, 15) is 4.79 Å². The van der Waals surface area contributed by atoms with Crippen LogP contribution in [0.4, 0.5) is 4.79 Å². The number of hydrogen-bond donors (Lipinski definition) is 1. The van der Waals surface area contributed by atoms with Crippen LogP contribution in [0.1, 0.15) is 31.3 Å². The Balaban J connectivity index is 1.78. The third-order valence-corrected chi connectivity index (χ3v) is 4.37. The molecule has 0 aliphatic heterocycles. The van der Waals surface area contributed by atoms with E-state index in [1.165, 1.54) is 4.88 Å². The van der Waals surface area contributed by atoms with Crippen LogP contribution in [0.3, 0.4) is 0 Å². The third-order valence-electron chi connectivity index (χ3n) is 3.08. The van der Waals surface area contributed by atoms with Crippen molar-refractivity contribution in [3.63, 3.8) is 0 Å². The first kappa shape index (κ1) is 17.8. The molecule has 1 amide bonds. The Kier molecular flexibility index (Phi) is 6.07. The average Bonchev–Trinajstić information content (AvgIpc) is 3.03. The maximum Gasteiger partial charge on any atom is 0.407 e. The lowest BCUT2D eigenvalue weighted by Crippen LogP contribution is -2.33. The van der Waals surface area contributed by atoms with Crippen LogP contribution in [0.15, 0.2) is 24.7 Å². The van der Waals surface area contributed by atoms with Crippen LogP contribution in [-0.4, -0.2) is 27.8 Å². The van der Waals surface area contributed by atoms with E-state index >= 15 is 0 Å². The van der Waals surface area contributed by atoms with Gasteiger partial charge in [-0.25, -0.2) is 9.78 Å². The number of amides is 1. The van der Waals surface area contributed by atoms with Gasteiger partial charge in [0.15, 0.2) is 0 Å². The Morgan fingerprint density at radius 2 is 2.17 bits per heavy atom. The normalized spacial score (nSPS) is 11.5. The van der Waals surface area contributed by atoms with E-state index in [0.717, 1.165) is 23.0 Å². The second-order valence-electron chi connectivity index (χ2n) is 6.21. The maximum atomic E-state index is 11.6. The molecule has 7 heteroatoms. The smallest absolute Gasteiger partial charge is 0.407 e. The average molecular weight is 356 g/mol. The van der Waals surface area contributed by atoms with Crippen molar-refractivity contribution in [2.24, 2.45) is 0 Å². The van der Waals surface area contributed by atoms with Gasteiger partial charge in [0.25, 0.3) is 0 Å². The molecule has 0 unspecified atom stereocenters. The number of thiophene rings is 1. The number of hydrogen-bond acceptors (Lipinski definition) is 4. The van der Waals surface area contributed by atoms with Crippen molar-refractivity contribution < 1.29 is 9.53 Å². The number of ether oxygens (including phenoxy) is 1. The molecule has 0 spiro atoms. The molecular formula is C16H22ClN3O2S. The summed E-state index contributed by atoms with van der Waals surface area (Å²) < 4.78 is 8.13. The van der Waals surface area contributed by atoms with E-state index in [-0.39, 0.29) is 0 Å². The van der Waals surface area contributed by atoms with Crippen LogP contribution in [0.2, 0.25) is 4.34 Å². The second kappa shape index (κ2) is 7.84. The summed E-state index contributed by atoms with van der Waals surface area (Å²) in [5.41, 5.74) is 0.608. The number of rotatable bonds is 6. The molecule has 0 saturated carbocycles. The molecule has 23 heavy (non-hydrogen) atoms. The molecule has 126 valence electrons. The summed E-state index contributed by atoms with van der Waals surface area (Å²) in [4.78, 5) is 17.1. The Hall–Kier alpha value is -1.53. The van der Waals surface area contributed by atoms with Crippen molar-refractivity contribution in [1.82, 2.24) is 14.9 Å². The van der Waals surface area contributed by atoms with Gasteiger partial charge in [-0.3, -0.25) is 0 Å². The molecule has 0 fully saturated rings. The van der Waals surface area contributed by atoms with Gasteiger partial charge in [0.05, 0.1) is 10.7 Å². The predicted octanol–water partition coefficient (Wildman–Crippen LogP) is 3.91. The largest absolute Gasteiger partial charge is 0.444 e. The van der Waals surface area contributed by atoms with Gasteiger partial charge in [-0.2, -0.15) is 0 Å². The van der Waals surface area contributed by atoms with Crippen molar-refractivity contribution in [2.75, 3.05) is 6.54 Å². The Bertz CT molecular complexity index is 646. The van der Waals surface area contributed by atoms with Crippen LogP contribution in [0, 0.1) is 0 Å². The first-order chi connectivity index (χ1) is 10.8. The molecule has 2 heterocycles. The summed E-state index contributed by atoms with van der Waals surface area (Å²) in [5, 5.41) is 2.76. The molecule has 0 bridgehead atoms. The van der Waals surface area contributed by atoms with Crippen LogP contribution >= 0.6 is 22.9 Å². The van der Waals surface area contributed by atoms with Crippen LogP contribution in [-0.2, 0) is 24.1 Å². The number of carbonyl (C=O) groups is 1. The van der Waals surface area contributed by atoms with Crippen molar-refractivity contribution in [3.05, 3.63) is 39.6 Å². The monoisotopic (exact) mass is 355 g/mol. The van der Waals surface area contributed by atoms with E-state index in [2.05, 4.69) is 14.9 Å². The Morgan fingerprint density at radius 3 is 2.83 bits per heavy atom. The lowest BCUT2D eigenvalue weighted by atomic mass is 10.2. The maximum absolute atomic E-state index is 11.6. The molecule has 2 aromatic heterocycles. The summed E-state index contributed by atoms with van der Waals surface area (Å²) in [5.74, 6) is 0. The molecule has 0 aliphatic carbocycles. The zero-order valence-electron chi connectivity index (χ0n) is 13.6. The summed E-state index contributed by atoms with van der Waals surface area (Å²) in [7, 11) is 0. The fraction of sp³-hybridized carbons (Fsp3) is 0.500. The fourth-order valence-corrected chi connectivity index (χ4v) is 3.16. The number of carbonyl (C=O) groups excluding carboxylic acids is 1. The van der Waals surface area contributed by atoms with Gasteiger partial charge in [-0.05, 0) is 39.3 Å². The van der Waals surface area contributed by atoms with Crippen molar-refractivity contribution >= 4 is 29.0 Å². The minimum atomic E-state index is -0.478. The highest BCUT2D eigenvalue weighted by atomic mass is 35.5. The molecule has 0 aromatic carbocycles. The summed E-state index contributed by atoms with van der Waals surface area (Å²) in [6.07, 6.45) is 4.89. The zero-order valence-corrected chi connectivity index (χ0v) is 15.2. The third kappa shape index (κ3) is 6.23. The molecule has 0 radical (unpaired) electrons. The van der Waals surface area contributed by atoms with Gasteiger partial charge in [0.1, 0.15) is 5.60 Å². The standard InChI is InChI=1S/C16H22ClN3O2S/c1-16(2,3)22-15(21)19-8-6-12-10-18-11-20(12)9-7-13-4-5-14(17)23-13/h4-5,10-11H,6-9H2,1-3H3,(H,19,21). The SMILES string of the molecule is CC(C)(C)OC(=O)NCCc1cncn1CCc1ccc(Cl)s1. The van der Waals surface area contributed by atoms with Gasteiger partial charge >= 0.3 is 6.09 Å². The number of halogens is 1. The second-order valence-corrected chi connectivity index (χ2v) is 8.01. The summed E-state index contributed by atoms with van der Waals surface area (Å²) in [6, 6.07) is 3.97. The van der Waals surface area contributed by atoms with Crippen molar-refractivity contribution in [3.8, 4) is 0 Å². The van der Waals surface area contributed by atoms with Gasteiger partial charge in [-0.1, -0.05) is 11.6 Å². The highest BCUT2D eigenvalue weighted by molar-refractivity contribution is 7.16. The van der Waals surface area contributed by atoms with Crippen molar-refractivity contribution in [2.45, 2.75) is 45.8 Å². The van der Waals surface area contributed by atoms with Gasteiger partial charge in [0.2, 0.25) is 0 Å². The number of alkyl carbamates (subject to hydrolysis) is 1. The zero-order chi connectivity index (χ0) is 16.9. The van der Waals surface area contributed by atoms with Crippen LogP contribution in [0.25, 0.3) is 0 Å². The minimum Gasteiger partial charge on any atom is -0.444 e. The molecule has 5 nitrogen and oxygen atoms in total.